The van der Waals surface area contributed by atoms with E-state index in [-0.39, 0.29) is 31.3 Å². The molecule has 1 saturated carbocycles. The molecule has 0 spiro atoms. The zero-order valence-corrected chi connectivity index (χ0v) is 11.8. The topological polar surface area (TPSA) is 50.9 Å². The lowest BCUT2D eigenvalue weighted by Gasteiger charge is -2.31. The number of alkyl halides is 3. The summed E-state index contributed by atoms with van der Waals surface area (Å²) in [7, 11) is 0. The molecular formula is C14H20F3N3O. The largest absolute Gasteiger partial charge is 0.396 e. The molecule has 1 fully saturated rings. The highest BCUT2D eigenvalue weighted by Crippen LogP contribution is 2.43. The third-order valence-electron chi connectivity index (χ3n) is 4.83. The summed E-state index contributed by atoms with van der Waals surface area (Å²) in [6.07, 6.45) is -0.837. The van der Waals surface area contributed by atoms with Crippen LogP contribution in [0.2, 0.25) is 0 Å². The van der Waals surface area contributed by atoms with E-state index in [0.717, 1.165) is 25.1 Å². The van der Waals surface area contributed by atoms with Gasteiger partial charge in [-0.25, -0.2) is 0 Å². The molecule has 0 amide bonds. The second-order valence-corrected chi connectivity index (χ2v) is 6.27. The van der Waals surface area contributed by atoms with Crippen LogP contribution in [0.1, 0.15) is 49.7 Å². The van der Waals surface area contributed by atoms with Crippen molar-refractivity contribution in [1.82, 2.24) is 14.8 Å². The summed E-state index contributed by atoms with van der Waals surface area (Å²) in [6, 6.07) is 0. The van der Waals surface area contributed by atoms with Crippen LogP contribution in [-0.2, 0) is 13.0 Å². The van der Waals surface area contributed by atoms with E-state index in [0.29, 0.717) is 18.8 Å². The van der Waals surface area contributed by atoms with Crippen LogP contribution >= 0.6 is 0 Å². The quantitative estimate of drug-likeness (QED) is 0.914. The smallest absolute Gasteiger partial charge is 0.391 e. The van der Waals surface area contributed by atoms with Gasteiger partial charge in [0, 0.05) is 31.4 Å². The molecule has 7 heteroatoms. The van der Waals surface area contributed by atoms with Crippen LogP contribution in [0.5, 0.6) is 0 Å². The Balaban J connectivity index is 1.80. The SMILES string of the molecule is OCC1CCc2nnc(C3CCCC(C(F)(F)F)C3)n2C1. The van der Waals surface area contributed by atoms with Gasteiger partial charge in [-0.05, 0) is 25.7 Å². The van der Waals surface area contributed by atoms with Gasteiger partial charge < -0.3 is 9.67 Å². The van der Waals surface area contributed by atoms with Crippen molar-refractivity contribution in [3.63, 3.8) is 0 Å². The zero-order valence-electron chi connectivity index (χ0n) is 11.8. The van der Waals surface area contributed by atoms with E-state index >= 15 is 0 Å². The molecular weight excluding hydrogens is 283 g/mol. The Labute approximate surface area is 121 Å². The Morgan fingerprint density at radius 2 is 2.00 bits per heavy atom. The summed E-state index contributed by atoms with van der Waals surface area (Å²) in [5, 5.41) is 17.6. The van der Waals surface area contributed by atoms with Crippen molar-refractivity contribution >= 4 is 0 Å². The van der Waals surface area contributed by atoms with Crippen molar-refractivity contribution in [2.24, 2.45) is 11.8 Å². The van der Waals surface area contributed by atoms with Gasteiger partial charge in [0.05, 0.1) is 5.92 Å². The number of fused-ring (bicyclic) bond motifs is 1. The molecule has 3 unspecified atom stereocenters. The number of aliphatic hydroxyl groups is 1. The number of aryl methyl sites for hydroxylation is 1. The van der Waals surface area contributed by atoms with Crippen LogP contribution in [0.25, 0.3) is 0 Å². The predicted octanol–water partition coefficient (Wildman–Crippen LogP) is 2.67. The fourth-order valence-electron chi connectivity index (χ4n) is 3.59. The molecule has 3 atom stereocenters. The number of rotatable bonds is 2. The molecule has 4 nitrogen and oxygen atoms in total. The van der Waals surface area contributed by atoms with Crippen LogP contribution in [0.15, 0.2) is 0 Å². The van der Waals surface area contributed by atoms with E-state index in [1.165, 1.54) is 0 Å². The number of hydrogen-bond donors (Lipinski definition) is 1. The minimum atomic E-state index is -4.11. The summed E-state index contributed by atoms with van der Waals surface area (Å²) in [5.74, 6) is 0.320. The molecule has 1 N–H and O–H groups in total. The molecule has 3 rings (SSSR count). The van der Waals surface area contributed by atoms with Crippen molar-refractivity contribution in [3.05, 3.63) is 11.6 Å². The lowest BCUT2D eigenvalue weighted by molar-refractivity contribution is -0.183. The molecule has 0 saturated heterocycles. The van der Waals surface area contributed by atoms with Gasteiger partial charge in [0.25, 0.3) is 0 Å². The van der Waals surface area contributed by atoms with E-state index in [1.807, 2.05) is 4.57 Å². The van der Waals surface area contributed by atoms with Gasteiger partial charge in [-0.15, -0.1) is 10.2 Å². The summed E-state index contributed by atoms with van der Waals surface area (Å²) in [6.45, 7) is 0.730. The van der Waals surface area contributed by atoms with Crippen LogP contribution in [0.4, 0.5) is 13.2 Å². The van der Waals surface area contributed by atoms with Crippen molar-refractivity contribution in [2.75, 3.05) is 6.61 Å². The Hall–Kier alpha value is -1.11. The Morgan fingerprint density at radius 1 is 1.19 bits per heavy atom. The number of hydrogen-bond acceptors (Lipinski definition) is 3. The van der Waals surface area contributed by atoms with E-state index in [4.69, 9.17) is 0 Å². The van der Waals surface area contributed by atoms with Crippen molar-refractivity contribution in [2.45, 2.75) is 57.2 Å². The molecule has 1 aliphatic carbocycles. The number of halogens is 3. The van der Waals surface area contributed by atoms with Gasteiger partial charge >= 0.3 is 6.18 Å². The zero-order chi connectivity index (χ0) is 15.0. The fraction of sp³-hybridized carbons (Fsp3) is 0.857. The van der Waals surface area contributed by atoms with Crippen LogP contribution in [-0.4, -0.2) is 32.7 Å². The van der Waals surface area contributed by atoms with Gasteiger partial charge in [0.2, 0.25) is 0 Å². The van der Waals surface area contributed by atoms with Gasteiger partial charge in [-0.3, -0.25) is 0 Å². The average molecular weight is 303 g/mol. The maximum atomic E-state index is 12.9. The van der Waals surface area contributed by atoms with Crippen molar-refractivity contribution in [3.8, 4) is 0 Å². The second-order valence-electron chi connectivity index (χ2n) is 6.27. The Bertz CT molecular complexity index is 500. The standard InChI is InChI=1S/C14H20F3N3O/c15-14(16,17)11-3-1-2-10(6-11)13-19-18-12-5-4-9(8-21)7-20(12)13/h9-11,21H,1-8H2. The normalized spacial score (nSPS) is 30.2. The molecule has 118 valence electrons. The number of aromatic nitrogens is 3. The van der Waals surface area contributed by atoms with Crippen LogP contribution in [0, 0.1) is 11.8 Å². The molecule has 2 heterocycles. The summed E-state index contributed by atoms with van der Waals surface area (Å²) < 4.78 is 40.8. The third-order valence-corrected chi connectivity index (χ3v) is 4.83. The first-order valence-electron chi connectivity index (χ1n) is 7.58. The van der Waals surface area contributed by atoms with Crippen LogP contribution in [0.3, 0.4) is 0 Å². The van der Waals surface area contributed by atoms with Gasteiger partial charge in [0.15, 0.2) is 0 Å². The van der Waals surface area contributed by atoms with E-state index in [1.54, 1.807) is 0 Å². The lowest BCUT2D eigenvalue weighted by atomic mass is 9.80. The second kappa shape index (κ2) is 5.59. The molecule has 1 aliphatic heterocycles. The highest BCUT2D eigenvalue weighted by Gasteiger charge is 2.43. The minimum absolute atomic E-state index is 0.104. The molecule has 2 aliphatic rings. The first-order valence-corrected chi connectivity index (χ1v) is 7.58. The fourth-order valence-corrected chi connectivity index (χ4v) is 3.59. The molecule has 1 aromatic rings. The van der Waals surface area contributed by atoms with Gasteiger partial charge in [-0.2, -0.15) is 13.2 Å². The highest BCUT2D eigenvalue weighted by atomic mass is 19.4. The summed E-state index contributed by atoms with van der Waals surface area (Å²) in [5.41, 5.74) is 0. The van der Waals surface area contributed by atoms with E-state index in [9.17, 15) is 18.3 Å². The average Bonchev–Trinajstić information content (AvgIpc) is 2.89. The first-order chi connectivity index (χ1) is 9.99. The predicted molar refractivity (Wildman–Crippen MR) is 69.7 cm³/mol. The molecule has 1 aromatic heterocycles. The molecule has 0 bridgehead atoms. The minimum Gasteiger partial charge on any atom is -0.396 e. The first kappa shape index (κ1) is 14.8. The van der Waals surface area contributed by atoms with Gasteiger partial charge in [0.1, 0.15) is 11.6 Å². The summed E-state index contributed by atoms with van der Waals surface area (Å²) in [4.78, 5) is 0. The maximum Gasteiger partial charge on any atom is 0.391 e. The molecule has 0 aromatic carbocycles. The lowest BCUT2D eigenvalue weighted by Crippen LogP contribution is -2.30. The molecule has 0 radical (unpaired) electrons. The molecule has 21 heavy (non-hydrogen) atoms. The summed E-state index contributed by atoms with van der Waals surface area (Å²) >= 11 is 0. The third kappa shape index (κ3) is 2.93. The Kier molecular flexibility index (Phi) is 3.94. The van der Waals surface area contributed by atoms with E-state index < -0.39 is 12.1 Å². The van der Waals surface area contributed by atoms with E-state index in [2.05, 4.69) is 10.2 Å². The maximum absolute atomic E-state index is 12.9. The van der Waals surface area contributed by atoms with Crippen molar-refractivity contribution < 1.29 is 18.3 Å². The number of aliphatic hydroxyl groups excluding tert-OH is 1. The highest BCUT2D eigenvalue weighted by molar-refractivity contribution is 5.07. The van der Waals surface area contributed by atoms with Crippen molar-refractivity contribution in [1.29, 1.82) is 0 Å². The van der Waals surface area contributed by atoms with Gasteiger partial charge in [-0.1, -0.05) is 6.42 Å². The monoisotopic (exact) mass is 303 g/mol. The van der Waals surface area contributed by atoms with Crippen LogP contribution < -0.4 is 0 Å². The number of nitrogens with zero attached hydrogens (tertiary/aromatic N) is 3. The Morgan fingerprint density at radius 3 is 2.71 bits per heavy atom.